The van der Waals surface area contributed by atoms with Crippen molar-refractivity contribution in [2.24, 2.45) is 10.7 Å². The first kappa shape index (κ1) is 22.3. The van der Waals surface area contributed by atoms with E-state index in [2.05, 4.69) is 26.5 Å². The normalized spacial score (nSPS) is 14.7. The molecule has 0 saturated heterocycles. The highest BCUT2D eigenvalue weighted by atomic mass is 16.1. The fraction of sp³-hybridized carbons (Fsp3) is 0.360. The first-order valence-corrected chi connectivity index (χ1v) is 11.4. The minimum Gasteiger partial charge on any atom is -0.383 e. The number of nitrogens with one attached hydrogen (secondary N) is 2. The van der Waals surface area contributed by atoms with E-state index in [1.807, 2.05) is 37.4 Å². The Hall–Kier alpha value is -3.86. The van der Waals surface area contributed by atoms with Crippen molar-refractivity contribution in [2.45, 2.75) is 58.0 Å². The van der Waals surface area contributed by atoms with E-state index in [0.717, 1.165) is 35.2 Å². The predicted octanol–water partition coefficient (Wildman–Crippen LogP) is 4.24. The van der Waals surface area contributed by atoms with Gasteiger partial charge in [0.05, 0.1) is 36.6 Å². The molecule has 170 valence electrons. The molecule has 1 aliphatic carbocycles. The molecular formula is C25H29N7O. The number of pyridine rings is 1. The van der Waals surface area contributed by atoms with Gasteiger partial charge in [0.1, 0.15) is 11.4 Å². The van der Waals surface area contributed by atoms with Gasteiger partial charge in [-0.15, -0.1) is 0 Å². The summed E-state index contributed by atoms with van der Waals surface area (Å²) in [5.41, 5.74) is 10.9. The van der Waals surface area contributed by atoms with Crippen LogP contribution in [-0.2, 0) is 6.54 Å². The topological polar surface area (TPSA) is 125 Å². The number of amidine groups is 1. The number of hydrogen-bond donors (Lipinski definition) is 3. The molecule has 1 aliphatic rings. The van der Waals surface area contributed by atoms with Crippen molar-refractivity contribution in [2.75, 3.05) is 5.32 Å². The van der Waals surface area contributed by atoms with Crippen LogP contribution in [0.4, 0.5) is 11.4 Å². The Morgan fingerprint density at radius 3 is 2.91 bits per heavy atom. The molecular weight excluding hydrogens is 414 g/mol. The number of rotatable bonds is 7. The predicted molar refractivity (Wildman–Crippen MR) is 131 cm³/mol. The Bertz CT molecular complexity index is 1240. The molecule has 2 heterocycles. The third-order valence-electron chi connectivity index (χ3n) is 6.04. The summed E-state index contributed by atoms with van der Waals surface area (Å²) in [7, 11) is 0. The Morgan fingerprint density at radius 2 is 2.15 bits per heavy atom. The van der Waals surface area contributed by atoms with Crippen molar-refractivity contribution in [1.29, 1.82) is 5.26 Å². The van der Waals surface area contributed by atoms with Crippen LogP contribution < -0.4 is 16.6 Å². The maximum absolute atomic E-state index is 12.6. The molecule has 4 rings (SSSR count). The first-order chi connectivity index (χ1) is 16.0. The van der Waals surface area contributed by atoms with Crippen LogP contribution in [0.2, 0.25) is 0 Å². The molecule has 2 aromatic heterocycles. The number of benzene rings is 1. The molecule has 0 atom stereocenters. The SMILES string of the molecule is Cc1cc(N=C(N)c2c(NC3CCCCC3)cc[nH]c2=O)ccc1-c1cnn(CCC#N)c1. The van der Waals surface area contributed by atoms with E-state index < -0.39 is 0 Å². The molecule has 0 bridgehead atoms. The summed E-state index contributed by atoms with van der Waals surface area (Å²) in [4.78, 5) is 19.9. The molecule has 0 aliphatic heterocycles. The summed E-state index contributed by atoms with van der Waals surface area (Å²) < 4.78 is 1.77. The summed E-state index contributed by atoms with van der Waals surface area (Å²) >= 11 is 0. The van der Waals surface area contributed by atoms with Crippen LogP contribution in [0.1, 0.15) is 49.7 Å². The second-order valence-corrected chi connectivity index (χ2v) is 8.47. The fourth-order valence-electron chi connectivity index (χ4n) is 4.35. The minimum absolute atomic E-state index is 0.187. The van der Waals surface area contributed by atoms with Gasteiger partial charge in [-0.25, -0.2) is 4.99 Å². The summed E-state index contributed by atoms with van der Waals surface area (Å²) in [6.45, 7) is 2.57. The zero-order valence-electron chi connectivity index (χ0n) is 18.8. The third-order valence-corrected chi connectivity index (χ3v) is 6.04. The van der Waals surface area contributed by atoms with Gasteiger partial charge < -0.3 is 16.0 Å². The number of anilines is 1. The van der Waals surface area contributed by atoms with Gasteiger partial charge in [-0.1, -0.05) is 25.3 Å². The van der Waals surface area contributed by atoms with Crippen molar-refractivity contribution >= 4 is 17.2 Å². The standard InChI is InChI=1S/C25H29N7O/c1-17-14-20(8-9-21(17)18-15-29-32(16-18)13-5-11-26)31-24(27)23-22(10-12-28-25(23)33)30-19-6-3-2-4-7-19/h8-10,12,14-16,19H,2-7,13H2,1H3,(H2,27,31)(H2,28,30,33). The molecule has 0 amide bonds. The number of aromatic amines is 1. The zero-order chi connectivity index (χ0) is 23.2. The van der Waals surface area contributed by atoms with E-state index in [9.17, 15) is 4.79 Å². The highest BCUT2D eigenvalue weighted by Gasteiger charge is 2.18. The van der Waals surface area contributed by atoms with Gasteiger partial charge >= 0.3 is 0 Å². The second-order valence-electron chi connectivity index (χ2n) is 8.47. The lowest BCUT2D eigenvalue weighted by Crippen LogP contribution is -2.29. The van der Waals surface area contributed by atoms with E-state index in [1.165, 1.54) is 19.3 Å². The Balaban J connectivity index is 1.58. The summed E-state index contributed by atoms with van der Waals surface area (Å²) in [6.07, 6.45) is 11.6. The number of H-pyrrole nitrogens is 1. The summed E-state index contributed by atoms with van der Waals surface area (Å²) in [6, 6.07) is 10.1. The number of aliphatic imine (C=N–C) groups is 1. The van der Waals surface area contributed by atoms with Crippen LogP contribution in [0.3, 0.4) is 0 Å². The largest absolute Gasteiger partial charge is 0.383 e. The highest BCUT2D eigenvalue weighted by Crippen LogP contribution is 2.28. The summed E-state index contributed by atoms with van der Waals surface area (Å²) in [5.74, 6) is 0.187. The quantitative estimate of drug-likeness (QED) is 0.372. The number of nitriles is 1. The lowest BCUT2D eigenvalue weighted by molar-refractivity contribution is 0.462. The molecule has 0 unspecified atom stereocenters. The third kappa shape index (κ3) is 5.32. The second kappa shape index (κ2) is 10.2. The van der Waals surface area contributed by atoms with Gasteiger partial charge in [-0.05, 0) is 49.1 Å². The van der Waals surface area contributed by atoms with Gasteiger partial charge in [-0.2, -0.15) is 10.4 Å². The average Bonchev–Trinajstić information content (AvgIpc) is 3.27. The van der Waals surface area contributed by atoms with Crippen molar-refractivity contribution in [3.63, 3.8) is 0 Å². The number of hydrogen-bond acceptors (Lipinski definition) is 5. The Morgan fingerprint density at radius 1 is 1.33 bits per heavy atom. The molecule has 1 saturated carbocycles. The lowest BCUT2D eigenvalue weighted by Gasteiger charge is -2.24. The van der Waals surface area contributed by atoms with Crippen LogP contribution in [0.25, 0.3) is 11.1 Å². The number of aryl methyl sites for hydroxylation is 2. The van der Waals surface area contributed by atoms with E-state index >= 15 is 0 Å². The number of nitrogens with two attached hydrogens (primary N) is 1. The van der Waals surface area contributed by atoms with Gasteiger partial charge in [-0.3, -0.25) is 9.48 Å². The first-order valence-electron chi connectivity index (χ1n) is 11.4. The van der Waals surface area contributed by atoms with Gasteiger partial charge in [0.15, 0.2) is 0 Å². The van der Waals surface area contributed by atoms with Crippen molar-refractivity contribution < 1.29 is 0 Å². The van der Waals surface area contributed by atoms with Crippen LogP contribution in [0, 0.1) is 18.3 Å². The Labute approximate surface area is 193 Å². The Kier molecular flexibility index (Phi) is 6.89. The van der Waals surface area contributed by atoms with E-state index in [0.29, 0.717) is 30.3 Å². The highest BCUT2D eigenvalue weighted by molar-refractivity contribution is 6.03. The maximum Gasteiger partial charge on any atom is 0.261 e. The van der Waals surface area contributed by atoms with Gasteiger partial charge in [0.25, 0.3) is 5.56 Å². The number of aromatic nitrogens is 3. The number of nitrogens with zero attached hydrogens (tertiary/aromatic N) is 4. The van der Waals surface area contributed by atoms with Crippen LogP contribution >= 0.6 is 0 Å². The van der Waals surface area contributed by atoms with Gasteiger partial charge in [0, 0.05) is 24.0 Å². The molecule has 33 heavy (non-hydrogen) atoms. The maximum atomic E-state index is 12.6. The van der Waals surface area contributed by atoms with Gasteiger partial charge in [0.2, 0.25) is 0 Å². The van der Waals surface area contributed by atoms with E-state index in [-0.39, 0.29) is 11.4 Å². The van der Waals surface area contributed by atoms with Crippen LogP contribution in [-0.4, -0.2) is 26.6 Å². The smallest absolute Gasteiger partial charge is 0.261 e. The zero-order valence-corrected chi connectivity index (χ0v) is 18.8. The molecule has 0 radical (unpaired) electrons. The molecule has 0 spiro atoms. The molecule has 1 fully saturated rings. The van der Waals surface area contributed by atoms with E-state index in [4.69, 9.17) is 11.0 Å². The van der Waals surface area contributed by atoms with Crippen LogP contribution in [0.5, 0.6) is 0 Å². The molecule has 4 N–H and O–H groups in total. The molecule has 8 nitrogen and oxygen atoms in total. The van der Waals surface area contributed by atoms with Crippen molar-refractivity contribution in [1.82, 2.24) is 14.8 Å². The van der Waals surface area contributed by atoms with Crippen molar-refractivity contribution in [3.05, 3.63) is 64.3 Å². The monoisotopic (exact) mass is 443 g/mol. The molecule has 8 heteroatoms. The molecule has 1 aromatic carbocycles. The molecule has 3 aromatic rings. The minimum atomic E-state index is -0.254. The van der Waals surface area contributed by atoms with Crippen molar-refractivity contribution in [3.8, 4) is 17.2 Å². The summed E-state index contributed by atoms with van der Waals surface area (Å²) in [5, 5.41) is 16.6. The average molecular weight is 444 g/mol. The van der Waals surface area contributed by atoms with Crippen LogP contribution in [0.15, 0.2) is 52.6 Å². The lowest BCUT2D eigenvalue weighted by atomic mass is 9.95. The fourth-order valence-corrected chi connectivity index (χ4v) is 4.35. The van der Waals surface area contributed by atoms with E-state index in [1.54, 1.807) is 17.1 Å².